The second-order valence-electron chi connectivity index (χ2n) is 9.58. The van der Waals surface area contributed by atoms with Crippen molar-refractivity contribution in [2.45, 2.75) is 18.9 Å². The van der Waals surface area contributed by atoms with Gasteiger partial charge < -0.3 is 14.8 Å². The van der Waals surface area contributed by atoms with Crippen LogP contribution in [0.4, 0.5) is 5.69 Å². The number of amides is 2. The number of nitrogens with zero attached hydrogens (tertiary/aromatic N) is 4. The molecule has 2 bridgehead atoms. The summed E-state index contributed by atoms with van der Waals surface area (Å²) in [6.07, 6.45) is 5.20. The van der Waals surface area contributed by atoms with Gasteiger partial charge in [-0.3, -0.25) is 19.4 Å². The van der Waals surface area contributed by atoms with Gasteiger partial charge in [0.1, 0.15) is 11.4 Å². The molecular formula is C29H25N5O3. The lowest BCUT2D eigenvalue weighted by molar-refractivity contribution is 0.0594. The average Bonchev–Trinajstić information content (AvgIpc) is 2.95. The van der Waals surface area contributed by atoms with E-state index in [9.17, 15) is 14.4 Å². The van der Waals surface area contributed by atoms with Gasteiger partial charge in [-0.2, -0.15) is 0 Å². The predicted molar refractivity (Wildman–Crippen MR) is 139 cm³/mol. The first kappa shape index (κ1) is 22.8. The molecule has 4 aromatic rings. The smallest absolute Gasteiger partial charge is 0.276 e. The number of rotatable bonds is 4. The molecule has 2 atom stereocenters. The van der Waals surface area contributed by atoms with E-state index >= 15 is 0 Å². The van der Waals surface area contributed by atoms with Crippen LogP contribution in [0.2, 0.25) is 0 Å². The molecule has 2 amide bonds. The highest BCUT2D eigenvalue weighted by molar-refractivity contribution is 6.02. The Bertz CT molecular complexity index is 1520. The molecule has 4 heterocycles. The lowest BCUT2D eigenvalue weighted by Gasteiger charge is -2.43. The molecule has 1 fully saturated rings. The fraction of sp³-hybridized carbons (Fsp3) is 0.207. The van der Waals surface area contributed by atoms with Crippen LogP contribution in [0, 0.1) is 5.92 Å². The summed E-state index contributed by atoms with van der Waals surface area (Å²) in [5.74, 6) is -0.227. The molecule has 2 aliphatic heterocycles. The maximum Gasteiger partial charge on any atom is 0.276 e. The van der Waals surface area contributed by atoms with Gasteiger partial charge in [0, 0.05) is 49.2 Å². The summed E-state index contributed by atoms with van der Waals surface area (Å²) in [6.45, 7) is 1.66. The van der Waals surface area contributed by atoms with E-state index < -0.39 is 5.91 Å². The highest BCUT2D eigenvalue weighted by atomic mass is 16.2. The van der Waals surface area contributed by atoms with Crippen LogP contribution in [0.25, 0.3) is 11.1 Å². The third-order valence-corrected chi connectivity index (χ3v) is 7.17. The Hall–Kier alpha value is -4.59. The minimum Gasteiger partial charge on any atom is -0.338 e. The second-order valence-corrected chi connectivity index (χ2v) is 9.58. The molecule has 6 rings (SSSR count). The summed E-state index contributed by atoms with van der Waals surface area (Å²) in [6, 6.07) is 21.4. The molecule has 37 heavy (non-hydrogen) atoms. The minimum atomic E-state index is -0.475. The molecule has 8 nitrogen and oxygen atoms in total. The summed E-state index contributed by atoms with van der Waals surface area (Å²) >= 11 is 0. The molecule has 8 heteroatoms. The van der Waals surface area contributed by atoms with Crippen molar-refractivity contribution >= 4 is 17.5 Å². The molecule has 2 aromatic carbocycles. The standard InChI is InChI=1S/C29H25N5O3/c35-27(25-15-30-12-13-31-25)32-24-10-11-26-23-14-19(17-34(26)29(24)37)16-33(18-23)28(36)22-8-6-21(7-9-22)20-4-2-1-3-5-20/h1-13,15,19,23H,14,16-18H2,(H,32,35)/t19-,23+/m0/s1. The number of nitrogens with one attached hydrogen (secondary N) is 1. The summed E-state index contributed by atoms with van der Waals surface area (Å²) in [5.41, 5.74) is 3.88. The van der Waals surface area contributed by atoms with Gasteiger partial charge in [0.05, 0.1) is 6.20 Å². The summed E-state index contributed by atoms with van der Waals surface area (Å²) in [4.78, 5) is 48.9. The summed E-state index contributed by atoms with van der Waals surface area (Å²) < 4.78 is 1.75. The van der Waals surface area contributed by atoms with Crippen molar-refractivity contribution in [3.8, 4) is 11.1 Å². The summed E-state index contributed by atoms with van der Waals surface area (Å²) in [5, 5.41) is 2.67. The fourth-order valence-electron chi connectivity index (χ4n) is 5.43. The normalized spacial score (nSPS) is 18.1. The first-order valence-electron chi connectivity index (χ1n) is 12.3. The Morgan fingerprint density at radius 2 is 1.65 bits per heavy atom. The molecule has 2 aromatic heterocycles. The molecule has 0 radical (unpaired) electrons. The largest absolute Gasteiger partial charge is 0.338 e. The Balaban J connectivity index is 1.19. The zero-order valence-electron chi connectivity index (χ0n) is 20.1. The third-order valence-electron chi connectivity index (χ3n) is 7.17. The number of hydrogen-bond acceptors (Lipinski definition) is 5. The van der Waals surface area contributed by atoms with E-state index in [1.165, 1.54) is 18.6 Å². The number of pyridine rings is 1. The molecule has 0 spiro atoms. The van der Waals surface area contributed by atoms with Crippen molar-refractivity contribution in [3.63, 3.8) is 0 Å². The van der Waals surface area contributed by atoms with Gasteiger partial charge in [-0.1, -0.05) is 42.5 Å². The number of benzene rings is 2. The van der Waals surface area contributed by atoms with Crippen LogP contribution in [0.15, 0.2) is 90.1 Å². The van der Waals surface area contributed by atoms with E-state index in [4.69, 9.17) is 0 Å². The fourth-order valence-corrected chi connectivity index (χ4v) is 5.43. The van der Waals surface area contributed by atoms with E-state index in [-0.39, 0.29) is 34.7 Å². The number of carbonyl (C=O) groups is 2. The number of fused-ring (bicyclic) bond motifs is 4. The molecule has 184 valence electrons. The molecule has 1 saturated heterocycles. The van der Waals surface area contributed by atoms with Gasteiger partial charge >= 0.3 is 0 Å². The van der Waals surface area contributed by atoms with Gasteiger partial charge in [0.25, 0.3) is 17.4 Å². The molecular weight excluding hydrogens is 466 g/mol. The number of carbonyl (C=O) groups excluding carboxylic acids is 2. The Kier molecular flexibility index (Phi) is 5.84. The topological polar surface area (TPSA) is 97.2 Å². The lowest BCUT2D eigenvalue weighted by atomic mass is 9.83. The van der Waals surface area contributed by atoms with E-state index in [0.717, 1.165) is 23.2 Å². The molecule has 2 aliphatic rings. The van der Waals surface area contributed by atoms with Crippen LogP contribution in [0.1, 0.15) is 38.9 Å². The maximum atomic E-state index is 13.4. The van der Waals surface area contributed by atoms with Crippen LogP contribution in [-0.4, -0.2) is 44.3 Å². The highest BCUT2D eigenvalue weighted by Gasteiger charge is 2.37. The van der Waals surface area contributed by atoms with Crippen LogP contribution in [0.3, 0.4) is 0 Å². The van der Waals surface area contributed by atoms with Gasteiger partial charge in [-0.15, -0.1) is 0 Å². The van der Waals surface area contributed by atoms with Gasteiger partial charge in [0.2, 0.25) is 0 Å². The molecule has 0 saturated carbocycles. The second kappa shape index (κ2) is 9.46. The molecule has 1 N–H and O–H groups in total. The van der Waals surface area contributed by atoms with Crippen LogP contribution < -0.4 is 10.9 Å². The Labute approximate surface area is 213 Å². The maximum absolute atomic E-state index is 13.4. The SMILES string of the molecule is O=C(Nc1ccc2n(c1=O)C[C@H]1C[C@@H]2CN(C(=O)c2ccc(-c3ccccc3)cc2)C1)c1cnccn1. The quantitative estimate of drug-likeness (QED) is 0.468. The number of piperidine rings is 1. The number of aromatic nitrogens is 3. The molecule has 0 unspecified atom stereocenters. The zero-order chi connectivity index (χ0) is 25.4. The monoisotopic (exact) mass is 491 g/mol. The molecule has 0 aliphatic carbocycles. The van der Waals surface area contributed by atoms with Gasteiger partial charge in [-0.05, 0) is 47.7 Å². The van der Waals surface area contributed by atoms with E-state index in [1.54, 1.807) is 10.6 Å². The van der Waals surface area contributed by atoms with E-state index in [0.29, 0.717) is 25.2 Å². The highest BCUT2D eigenvalue weighted by Crippen LogP contribution is 2.36. The van der Waals surface area contributed by atoms with Crippen LogP contribution in [0.5, 0.6) is 0 Å². The van der Waals surface area contributed by atoms with Gasteiger partial charge in [0.15, 0.2) is 0 Å². The predicted octanol–water partition coefficient (Wildman–Crippen LogP) is 3.82. The number of hydrogen-bond donors (Lipinski definition) is 1. The van der Waals surface area contributed by atoms with Crippen molar-refractivity contribution in [3.05, 3.63) is 113 Å². The minimum absolute atomic E-state index is 0.0120. The third kappa shape index (κ3) is 4.42. The summed E-state index contributed by atoms with van der Waals surface area (Å²) in [7, 11) is 0. The Morgan fingerprint density at radius 1 is 0.865 bits per heavy atom. The average molecular weight is 492 g/mol. The van der Waals surface area contributed by atoms with Crippen molar-refractivity contribution in [1.82, 2.24) is 19.4 Å². The lowest BCUT2D eigenvalue weighted by Crippen LogP contribution is -2.49. The van der Waals surface area contributed by atoms with Crippen molar-refractivity contribution in [2.75, 3.05) is 18.4 Å². The Morgan fingerprint density at radius 3 is 2.41 bits per heavy atom. The van der Waals surface area contributed by atoms with Crippen LogP contribution >= 0.6 is 0 Å². The van der Waals surface area contributed by atoms with E-state index in [1.807, 2.05) is 53.4 Å². The van der Waals surface area contributed by atoms with Crippen LogP contribution in [-0.2, 0) is 6.54 Å². The first-order chi connectivity index (χ1) is 18.1. The number of likely N-dealkylation sites (tertiary alicyclic amines) is 1. The van der Waals surface area contributed by atoms with Crippen molar-refractivity contribution in [2.24, 2.45) is 5.92 Å². The van der Waals surface area contributed by atoms with Crippen molar-refractivity contribution in [1.29, 1.82) is 0 Å². The zero-order valence-corrected chi connectivity index (χ0v) is 20.1. The van der Waals surface area contributed by atoms with E-state index in [2.05, 4.69) is 27.4 Å². The van der Waals surface area contributed by atoms with Crippen molar-refractivity contribution < 1.29 is 9.59 Å². The number of anilines is 1. The first-order valence-corrected chi connectivity index (χ1v) is 12.3. The van der Waals surface area contributed by atoms with Gasteiger partial charge in [-0.25, -0.2) is 4.98 Å².